The Labute approximate surface area is 170 Å². The van der Waals surface area contributed by atoms with Gasteiger partial charge < -0.3 is 26.0 Å². The number of carbonyl (C=O) groups is 2. The molecule has 2 amide bonds. The van der Waals surface area contributed by atoms with E-state index in [-0.39, 0.29) is 61.2 Å². The van der Waals surface area contributed by atoms with Gasteiger partial charge in [0.25, 0.3) is 0 Å². The summed E-state index contributed by atoms with van der Waals surface area (Å²) in [5, 5.41) is 5.58. The number of likely N-dealkylation sites (tertiary alicyclic amines) is 1. The van der Waals surface area contributed by atoms with Gasteiger partial charge in [0.1, 0.15) is 0 Å². The number of halogens is 2. The zero-order valence-corrected chi connectivity index (χ0v) is 18.0. The van der Waals surface area contributed by atoms with Gasteiger partial charge in [0.2, 0.25) is 11.8 Å². The molecule has 1 saturated heterocycles. The largest absolute Gasteiger partial charge is 0.377 e. The normalized spacial score (nSPS) is 16.6. The smallest absolute Gasteiger partial charge is 0.239 e. The Morgan fingerprint density at radius 3 is 2.23 bits per heavy atom. The van der Waals surface area contributed by atoms with Crippen LogP contribution in [0.15, 0.2) is 0 Å². The molecule has 9 heteroatoms. The van der Waals surface area contributed by atoms with Gasteiger partial charge in [-0.05, 0) is 32.6 Å². The summed E-state index contributed by atoms with van der Waals surface area (Å²) in [6.07, 6.45) is 2.11. The summed E-state index contributed by atoms with van der Waals surface area (Å²) < 4.78 is 5.56. The van der Waals surface area contributed by atoms with Crippen LogP contribution in [-0.4, -0.2) is 67.7 Å². The van der Waals surface area contributed by atoms with E-state index in [1.54, 1.807) is 0 Å². The number of ether oxygens (including phenoxy) is 1. The van der Waals surface area contributed by atoms with E-state index in [9.17, 15) is 9.59 Å². The fourth-order valence-electron chi connectivity index (χ4n) is 2.59. The first-order valence-electron chi connectivity index (χ1n) is 8.96. The highest BCUT2D eigenvalue weighted by atomic mass is 35.5. The van der Waals surface area contributed by atoms with Gasteiger partial charge in [-0.15, -0.1) is 24.8 Å². The number of rotatable bonds is 9. The van der Waals surface area contributed by atoms with E-state index in [1.807, 2.05) is 27.7 Å². The number of nitrogens with two attached hydrogens (primary N) is 1. The molecule has 0 aromatic rings. The van der Waals surface area contributed by atoms with Crippen LogP contribution in [-0.2, 0) is 14.3 Å². The first-order valence-corrected chi connectivity index (χ1v) is 8.96. The first-order chi connectivity index (χ1) is 11.3. The molecule has 0 spiro atoms. The molecular formula is C17H36Cl2N4O3. The van der Waals surface area contributed by atoms with E-state index in [4.69, 9.17) is 10.5 Å². The molecule has 1 aliphatic rings. The van der Waals surface area contributed by atoms with E-state index in [0.29, 0.717) is 0 Å². The summed E-state index contributed by atoms with van der Waals surface area (Å²) in [4.78, 5) is 26.0. The lowest BCUT2D eigenvalue weighted by Crippen LogP contribution is -2.50. The molecule has 7 nitrogen and oxygen atoms in total. The van der Waals surface area contributed by atoms with Gasteiger partial charge in [0.15, 0.2) is 0 Å². The maximum absolute atomic E-state index is 11.9. The monoisotopic (exact) mass is 414 g/mol. The molecule has 0 aromatic carbocycles. The summed E-state index contributed by atoms with van der Waals surface area (Å²) >= 11 is 0. The molecule has 1 rings (SSSR count). The van der Waals surface area contributed by atoms with Crippen LogP contribution < -0.4 is 16.4 Å². The number of amides is 2. The lowest BCUT2D eigenvalue weighted by molar-refractivity contribution is -0.127. The van der Waals surface area contributed by atoms with Crippen molar-refractivity contribution < 1.29 is 14.3 Å². The van der Waals surface area contributed by atoms with Gasteiger partial charge in [-0.3, -0.25) is 9.59 Å². The maximum Gasteiger partial charge on any atom is 0.239 e. The van der Waals surface area contributed by atoms with Crippen molar-refractivity contribution in [1.82, 2.24) is 15.5 Å². The molecule has 0 unspecified atom stereocenters. The number of hydrogen-bond acceptors (Lipinski definition) is 5. The van der Waals surface area contributed by atoms with Crippen LogP contribution in [0.25, 0.3) is 0 Å². The summed E-state index contributed by atoms with van der Waals surface area (Å²) in [5.74, 6) is -0.377. The van der Waals surface area contributed by atoms with Crippen LogP contribution in [0.1, 0.15) is 40.5 Å². The van der Waals surface area contributed by atoms with Gasteiger partial charge in [0.05, 0.1) is 25.3 Å². The molecule has 156 valence electrons. The zero-order chi connectivity index (χ0) is 18.1. The van der Waals surface area contributed by atoms with Gasteiger partial charge in [0, 0.05) is 25.7 Å². The van der Waals surface area contributed by atoms with Crippen LogP contribution in [0.3, 0.4) is 0 Å². The number of nitrogens with zero attached hydrogens (tertiary/aromatic N) is 1. The molecule has 0 radical (unpaired) electrons. The minimum absolute atomic E-state index is 0. The van der Waals surface area contributed by atoms with Crippen molar-refractivity contribution in [3.63, 3.8) is 0 Å². The minimum Gasteiger partial charge on any atom is -0.377 e. The lowest BCUT2D eigenvalue weighted by Gasteiger charge is -2.32. The Morgan fingerprint density at radius 2 is 1.73 bits per heavy atom. The SMILES string of the molecule is CC(C)OCCN1CCC(NC(=O)CNC(=O)[C@@H](N)C(C)C)CC1.Cl.Cl. The molecule has 26 heavy (non-hydrogen) atoms. The summed E-state index contributed by atoms with van der Waals surface area (Å²) in [7, 11) is 0. The fourth-order valence-corrected chi connectivity index (χ4v) is 2.59. The highest BCUT2D eigenvalue weighted by Crippen LogP contribution is 2.10. The van der Waals surface area contributed by atoms with E-state index in [1.165, 1.54) is 0 Å². The van der Waals surface area contributed by atoms with E-state index in [2.05, 4.69) is 15.5 Å². The number of carbonyl (C=O) groups excluding carboxylic acids is 2. The molecule has 1 fully saturated rings. The maximum atomic E-state index is 11.9. The lowest BCUT2D eigenvalue weighted by atomic mass is 10.0. The van der Waals surface area contributed by atoms with Crippen LogP contribution in [0.5, 0.6) is 0 Å². The Balaban J connectivity index is 0. The van der Waals surface area contributed by atoms with Gasteiger partial charge >= 0.3 is 0 Å². The highest BCUT2D eigenvalue weighted by molar-refractivity contribution is 5.87. The third-order valence-corrected chi connectivity index (χ3v) is 4.26. The van der Waals surface area contributed by atoms with Crippen molar-refractivity contribution >= 4 is 36.6 Å². The average Bonchev–Trinajstić information content (AvgIpc) is 2.53. The second-order valence-corrected chi connectivity index (χ2v) is 7.09. The topological polar surface area (TPSA) is 96.7 Å². The van der Waals surface area contributed by atoms with Crippen molar-refractivity contribution in [3.8, 4) is 0 Å². The third-order valence-electron chi connectivity index (χ3n) is 4.26. The molecule has 0 bridgehead atoms. The van der Waals surface area contributed by atoms with Crippen molar-refractivity contribution in [1.29, 1.82) is 0 Å². The summed E-state index contributed by atoms with van der Waals surface area (Å²) in [6, 6.07) is -0.399. The van der Waals surface area contributed by atoms with Crippen molar-refractivity contribution in [2.75, 3.05) is 32.8 Å². The Kier molecular flexibility index (Phi) is 15.4. The zero-order valence-electron chi connectivity index (χ0n) is 16.3. The van der Waals surface area contributed by atoms with Crippen molar-refractivity contribution in [2.45, 2.75) is 58.7 Å². The molecule has 0 aliphatic carbocycles. The van der Waals surface area contributed by atoms with Crippen molar-refractivity contribution in [2.24, 2.45) is 11.7 Å². The number of piperidine rings is 1. The van der Waals surface area contributed by atoms with Crippen molar-refractivity contribution in [3.05, 3.63) is 0 Å². The van der Waals surface area contributed by atoms with Crippen LogP contribution >= 0.6 is 24.8 Å². The van der Waals surface area contributed by atoms with E-state index < -0.39 is 6.04 Å². The molecule has 1 aliphatic heterocycles. The molecular weight excluding hydrogens is 379 g/mol. The molecule has 4 N–H and O–H groups in total. The quantitative estimate of drug-likeness (QED) is 0.521. The predicted molar refractivity (Wildman–Crippen MR) is 109 cm³/mol. The molecule has 0 aromatic heterocycles. The minimum atomic E-state index is -0.575. The number of hydrogen-bond donors (Lipinski definition) is 3. The van der Waals surface area contributed by atoms with Crippen LogP contribution in [0.4, 0.5) is 0 Å². The number of nitrogens with one attached hydrogen (secondary N) is 2. The molecule has 1 atom stereocenters. The van der Waals surface area contributed by atoms with E-state index >= 15 is 0 Å². The highest BCUT2D eigenvalue weighted by Gasteiger charge is 2.22. The third kappa shape index (κ3) is 11.2. The predicted octanol–water partition coefficient (Wildman–Crippen LogP) is 0.935. The Hall–Kier alpha value is -0.600. The Morgan fingerprint density at radius 1 is 1.15 bits per heavy atom. The second-order valence-electron chi connectivity index (χ2n) is 7.09. The summed E-state index contributed by atoms with van der Waals surface area (Å²) in [5.41, 5.74) is 5.74. The molecule has 1 heterocycles. The summed E-state index contributed by atoms with van der Waals surface area (Å²) in [6.45, 7) is 11.4. The average molecular weight is 415 g/mol. The standard InChI is InChI=1S/C17H34N4O3.2ClH/c1-12(2)16(18)17(23)19-11-15(22)20-14-5-7-21(8-6-14)9-10-24-13(3)4;;/h12-14,16H,5-11,18H2,1-4H3,(H,19,23)(H,20,22);2*1H/t16-;;/m0../s1. The Bertz CT molecular complexity index is 403. The van der Waals surface area contributed by atoms with E-state index in [0.717, 1.165) is 39.1 Å². The van der Waals surface area contributed by atoms with Gasteiger partial charge in [-0.25, -0.2) is 0 Å². The fraction of sp³-hybridized carbons (Fsp3) is 0.882. The molecule has 0 saturated carbocycles. The first kappa shape index (κ1) is 27.6. The van der Waals surface area contributed by atoms with Gasteiger partial charge in [-0.2, -0.15) is 0 Å². The van der Waals surface area contributed by atoms with Gasteiger partial charge in [-0.1, -0.05) is 13.8 Å². The van der Waals surface area contributed by atoms with Crippen LogP contribution in [0, 0.1) is 5.92 Å². The van der Waals surface area contributed by atoms with Crippen LogP contribution in [0.2, 0.25) is 0 Å². The second kappa shape index (κ2) is 14.5.